The number of ether oxygens (including phenoxy) is 1. The molecule has 0 amide bonds. The Labute approximate surface area is 91.8 Å². The molecule has 1 heterocycles. The van der Waals surface area contributed by atoms with Crippen molar-refractivity contribution in [1.82, 2.24) is 0 Å². The number of Topliss-reactive ketones (excluding diaryl/α,β-unsaturated/α-hetero) is 1. The lowest BCUT2D eigenvalue weighted by atomic mass is 10.1. The van der Waals surface area contributed by atoms with E-state index in [0.717, 1.165) is 4.90 Å². The second-order valence-electron chi connectivity index (χ2n) is 3.11. The van der Waals surface area contributed by atoms with Gasteiger partial charge in [-0.2, -0.15) is 0 Å². The molecule has 1 unspecified atom stereocenters. The second kappa shape index (κ2) is 4.06. The Bertz CT molecular complexity index is 414. The molecular weight excluding hydrogens is 212 g/mol. The van der Waals surface area contributed by atoms with E-state index in [2.05, 4.69) is 0 Å². The van der Waals surface area contributed by atoms with Crippen molar-refractivity contribution in [3.8, 4) is 0 Å². The van der Waals surface area contributed by atoms with Crippen LogP contribution >= 0.6 is 11.8 Å². The van der Waals surface area contributed by atoms with Gasteiger partial charge in [0.15, 0.2) is 11.0 Å². The maximum Gasteiger partial charge on any atom is 0.327 e. The molecular formula is C11H10O3S. The van der Waals surface area contributed by atoms with Gasteiger partial charge >= 0.3 is 5.97 Å². The minimum atomic E-state index is -0.706. The van der Waals surface area contributed by atoms with Crippen LogP contribution in [-0.2, 0) is 9.53 Å². The Morgan fingerprint density at radius 3 is 2.87 bits per heavy atom. The molecule has 1 atom stereocenters. The van der Waals surface area contributed by atoms with E-state index in [0.29, 0.717) is 12.2 Å². The maximum atomic E-state index is 11.8. The normalized spacial score (nSPS) is 18.7. The van der Waals surface area contributed by atoms with E-state index in [9.17, 15) is 9.59 Å². The standard InChI is InChI=1S/C11H10O3S/c1-2-14-11(13)10-9(12)7-5-3-4-6-8(7)15-10/h3-6,10H,2H2,1H3. The summed E-state index contributed by atoms with van der Waals surface area (Å²) in [5.41, 5.74) is 0.626. The van der Waals surface area contributed by atoms with Crippen LogP contribution in [0.25, 0.3) is 0 Å². The lowest BCUT2D eigenvalue weighted by molar-refractivity contribution is -0.141. The highest BCUT2D eigenvalue weighted by Gasteiger charge is 2.37. The predicted molar refractivity (Wildman–Crippen MR) is 57.1 cm³/mol. The third-order valence-electron chi connectivity index (χ3n) is 2.14. The molecule has 0 fully saturated rings. The average Bonchev–Trinajstić information content (AvgIpc) is 2.57. The molecule has 1 aromatic rings. The molecule has 1 aliphatic heterocycles. The minimum absolute atomic E-state index is 0.144. The molecule has 1 aliphatic rings. The number of fused-ring (bicyclic) bond motifs is 1. The lowest BCUT2D eigenvalue weighted by Crippen LogP contribution is -2.25. The van der Waals surface area contributed by atoms with Crippen molar-refractivity contribution in [1.29, 1.82) is 0 Å². The molecule has 0 N–H and O–H groups in total. The van der Waals surface area contributed by atoms with Crippen LogP contribution in [-0.4, -0.2) is 23.6 Å². The van der Waals surface area contributed by atoms with E-state index in [1.165, 1.54) is 11.8 Å². The van der Waals surface area contributed by atoms with Crippen LogP contribution in [0.15, 0.2) is 29.2 Å². The maximum absolute atomic E-state index is 11.8. The van der Waals surface area contributed by atoms with Gasteiger partial charge in [0.05, 0.1) is 6.61 Å². The van der Waals surface area contributed by atoms with Crippen LogP contribution in [0.3, 0.4) is 0 Å². The van der Waals surface area contributed by atoms with Crippen LogP contribution in [0.5, 0.6) is 0 Å². The first-order valence-electron chi connectivity index (χ1n) is 4.70. The summed E-state index contributed by atoms with van der Waals surface area (Å²) >= 11 is 1.27. The largest absolute Gasteiger partial charge is 0.465 e. The minimum Gasteiger partial charge on any atom is -0.465 e. The number of rotatable bonds is 2. The van der Waals surface area contributed by atoms with Crippen molar-refractivity contribution in [2.75, 3.05) is 6.61 Å². The van der Waals surface area contributed by atoms with Gasteiger partial charge in [0.1, 0.15) is 0 Å². The summed E-state index contributed by atoms with van der Waals surface area (Å²) < 4.78 is 4.85. The molecule has 0 aliphatic carbocycles. The Morgan fingerprint density at radius 2 is 2.20 bits per heavy atom. The first kappa shape index (κ1) is 10.2. The average molecular weight is 222 g/mol. The quantitative estimate of drug-likeness (QED) is 0.566. The van der Waals surface area contributed by atoms with Gasteiger partial charge in [-0.15, -0.1) is 11.8 Å². The van der Waals surface area contributed by atoms with E-state index >= 15 is 0 Å². The zero-order valence-corrected chi connectivity index (χ0v) is 9.04. The van der Waals surface area contributed by atoms with Crippen molar-refractivity contribution in [2.24, 2.45) is 0 Å². The summed E-state index contributed by atoms with van der Waals surface area (Å²) in [5, 5.41) is -0.706. The van der Waals surface area contributed by atoms with E-state index in [4.69, 9.17) is 4.74 Å². The Hall–Kier alpha value is -1.29. The highest BCUT2D eigenvalue weighted by molar-refractivity contribution is 8.02. The number of thioether (sulfide) groups is 1. The zero-order chi connectivity index (χ0) is 10.8. The molecule has 0 saturated heterocycles. The molecule has 4 heteroatoms. The first-order valence-corrected chi connectivity index (χ1v) is 5.58. The SMILES string of the molecule is CCOC(=O)C1Sc2ccccc2C1=O. The Morgan fingerprint density at radius 1 is 1.47 bits per heavy atom. The summed E-state index contributed by atoms with van der Waals surface area (Å²) in [7, 11) is 0. The molecule has 1 aromatic carbocycles. The Balaban J connectivity index is 2.24. The van der Waals surface area contributed by atoms with Crippen LogP contribution in [0.4, 0.5) is 0 Å². The number of carbonyl (C=O) groups is 2. The summed E-state index contributed by atoms with van der Waals surface area (Å²) in [5.74, 6) is -0.585. The van der Waals surface area contributed by atoms with E-state index in [1.54, 1.807) is 19.1 Å². The lowest BCUT2D eigenvalue weighted by Gasteiger charge is -2.05. The number of ketones is 1. The van der Waals surface area contributed by atoms with Crippen LogP contribution in [0.2, 0.25) is 0 Å². The van der Waals surface area contributed by atoms with Crippen LogP contribution in [0.1, 0.15) is 17.3 Å². The number of hydrogen-bond donors (Lipinski definition) is 0. The summed E-state index contributed by atoms with van der Waals surface area (Å²) in [4.78, 5) is 24.1. The van der Waals surface area contributed by atoms with Crippen molar-refractivity contribution < 1.29 is 14.3 Å². The van der Waals surface area contributed by atoms with Gasteiger partial charge < -0.3 is 4.74 Å². The van der Waals surface area contributed by atoms with Crippen molar-refractivity contribution in [2.45, 2.75) is 17.1 Å². The summed E-state index contributed by atoms with van der Waals surface area (Å²) in [6, 6.07) is 7.23. The summed E-state index contributed by atoms with van der Waals surface area (Å²) in [6.07, 6.45) is 0. The molecule has 15 heavy (non-hydrogen) atoms. The van der Waals surface area contributed by atoms with E-state index in [1.807, 2.05) is 12.1 Å². The molecule has 0 saturated carbocycles. The fraction of sp³-hybridized carbons (Fsp3) is 0.273. The van der Waals surface area contributed by atoms with Crippen molar-refractivity contribution in [3.05, 3.63) is 29.8 Å². The highest BCUT2D eigenvalue weighted by Crippen LogP contribution is 2.37. The molecule has 78 valence electrons. The fourth-order valence-corrected chi connectivity index (χ4v) is 2.57. The van der Waals surface area contributed by atoms with Gasteiger partial charge in [0.25, 0.3) is 0 Å². The van der Waals surface area contributed by atoms with Crippen LogP contribution in [0, 0.1) is 0 Å². The molecule has 0 bridgehead atoms. The number of hydrogen-bond acceptors (Lipinski definition) is 4. The number of benzene rings is 1. The summed E-state index contributed by atoms with van der Waals surface area (Å²) in [6.45, 7) is 2.04. The fourth-order valence-electron chi connectivity index (χ4n) is 1.47. The van der Waals surface area contributed by atoms with Gasteiger partial charge in [-0.3, -0.25) is 9.59 Å². The molecule has 0 aromatic heterocycles. The van der Waals surface area contributed by atoms with Crippen molar-refractivity contribution in [3.63, 3.8) is 0 Å². The molecule has 0 spiro atoms. The number of esters is 1. The van der Waals surface area contributed by atoms with Crippen molar-refractivity contribution >= 4 is 23.5 Å². The first-order chi connectivity index (χ1) is 7.24. The zero-order valence-electron chi connectivity index (χ0n) is 8.23. The van der Waals surface area contributed by atoms with E-state index < -0.39 is 11.2 Å². The van der Waals surface area contributed by atoms with Gasteiger partial charge in [0, 0.05) is 10.5 Å². The number of carbonyl (C=O) groups excluding carboxylic acids is 2. The van der Waals surface area contributed by atoms with Gasteiger partial charge in [-0.05, 0) is 13.0 Å². The molecule has 2 rings (SSSR count). The van der Waals surface area contributed by atoms with E-state index in [-0.39, 0.29) is 5.78 Å². The topological polar surface area (TPSA) is 43.4 Å². The predicted octanol–water partition coefficient (Wildman–Crippen LogP) is 1.91. The van der Waals surface area contributed by atoms with Gasteiger partial charge in [0.2, 0.25) is 0 Å². The van der Waals surface area contributed by atoms with Gasteiger partial charge in [-0.1, -0.05) is 18.2 Å². The third kappa shape index (κ3) is 1.77. The third-order valence-corrected chi connectivity index (χ3v) is 3.39. The highest BCUT2D eigenvalue weighted by atomic mass is 32.2. The molecule has 0 radical (unpaired) electrons. The monoisotopic (exact) mass is 222 g/mol. The van der Waals surface area contributed by atoms with Gasteiger partial charge in [-0.25, -0.2) is 0 Å². The second-order valence-corrected chi connectivity index (χ2v) is 4.26. The molecule has 3 nitrogen and oxygen atoms in total. The Kier molecular flexibility index (Phi) is 2.77. The smallest absolute Gasteiger partial charge is 0.327 e. The van der Waals surface area contributed by atoms with Crippen LogP contribution < -0.4 is 0 Å².